The molecule has 0 saturated heterocycles. The molecule has 4 heteroatoms. The Morgan fingerprint density at radius 3 is 2.67 bits per heavy atom. The number of carbonyl (C=O) groups is 2. The van der Waals surface area contributed by atoms with Gasteiger partial charge in [-0.05, 0) is 23.9 Å². The fourth-order valence-corrected chi connectivity index (χ4v) is 1.53. The Morgan fingerprint density at radius 1 is 1.39 bits per heavy atom. The number of carbonyl (C=O) groups excluding carboxylic acids is 2. The number of hydrogen-bond donors (Lipinski definition) is 1. The molecule has 0 fully saturated rings. The average Bonchev–Trinajstić information content (AvgIpc) is 2.29. The molecule has 1 rings (SSSR count). The Hall–Kier alpha value is -2.10. The fraction of sp³-hybridized carbons (Fsp3) is 0.286. The molecule has 1 atom stereocenters. The van der Waals surface area contributed by atoms with Crippen molar-refractivity contribution in [2.45, 2.75) is 12.8 Å². The molecule has 0 radical (unpaired) electrons. The summed E-state index contributed by atoms with van der Waals surface area (Å²) >= 11 is 0. The van der Waals surface area contributed by atoms with E-state index in [1.165, 1.54) is 6.92 Å². The Morgan fingerprint density at radius 2 is 2.11 bits per heavy atom. The summed E-state index contributed by atoms with van der Waals surface area (Å²) in [6.45, 7) is 1.45. The van der Waals surface area contributed by atoms with Gasteiger partial charge in [-0.25, -0.2) is 0 Å². The molecule has 1 aromatic rings. The molecule has 1 amide bonds. The van der Waals surface area contributed by atoms with Crippen molar-refractivity contribution in [2.75, 3.05) is 19.4 Å². The lowest BCUT2D eigenvalue weighted by atomic mass is 10.00. The second-order valence-electron chi connectivity index (χ2n) is 4.27. The SMILES string of the molecule is CC(=O)Nc1cccc(C(C=O)C=CN(C)C)c1. The van der Waals surface area contributed by atoms with E-state index in [-0.39, 0.29) is 11.8 Å². The number of rotatable bonds is 5. The molecule has 4 nitrogen and oxygen atoms in total. The fourth-order valence-electron chi connectivity index (χ4n) is 1.53. The molecule has 0 aliphatic rings. The van der Waals surface area contributed by atoms with Crippen LogP contribution in [-0.2, 0) is 9.59 Å². The highest BCUT2D eigenvalue weighted by molar-refractivity contribution is 5.88. The van der Waals surface area contributed by atoms with Gasteiger partial charge in [0.2, 0.25) is 5.91 Å². The van der Waals surface area contributed by atoms with Crippen LogP contribution < -0.4 is 5.32 Å². The Labute approximate surface area is 107 Å². The highest BCUT2D eigenvalue weighted by Crippen LogP contribution is 2.19. The van der Waals surface area contributed by atoms with Gasteiger partial charge < -0.3 is 15.0 Å². The maximum atomic E-state index is 11.1. The normalized spacial score (nSPS) is 12.2. The zero-order valence-electron chi connectivity index (χ0n) is 10.9. The first-order valence-corrected chi connectivity index (χ1v) is 5.70. The van der Waals surface area contributed by atoms with Crippen molar-refractivity contribution in [3.05, 3.63) is 42.1 Å². The van der Waals surface area contributed by atoms with Crippen LogP contribution >= 0.6 is 0 Å². The summed E-state index contributed by atoms with van der Waals surface area (Å²) in [7, 11) is 3.79. The number of allylic oxidation sites excluding steroid dienone is 1. The number of nitrogens with zero attached hydrogens (tertiary/aromatic N) is 1. The predicted octanol–water partition coefficient (Wildman–Crippen LogP) is 2.00. The molecule has 18 heavy (non-hydrogen) atoms. The molecule has 0 aliphatic carbocycles. The Bertz CT molecular complexity index is 453. The standard InChI is InChI=1S/C14H18N2O2/c1-11(18)15-14-6-4-5-12(9-14)13(10-17)7-8-16(2)3/h4-10,13H,1-3H3,(H,15,18). The largest absolute Gasteiger partial charge is 0.384 e. The van der Waals surface area contributed by atoms with E-state index in [9.17, 15) is 9.59 Å². The van der Waals surface area contributed by atoms with E-state index in [0.29, 0.717) is 5.69 Å². The van der Waals surface area contributed by atoms with E-state index < -0.39 is 0 Å². The van der Waals surface area contributed by atoms with Gasteiger partial charge in [-0.1, -0.05) is 18.2 Å². The summed E-state index contributed by atoms with van der Waals surface area (Å²) < 4.78 is 0. The van der Waals surface area contributed by atoms with E-state index in [1.54, 1.807) is 12.1 Å². The van der Waals surface area contributed by atoms with Crippen LogP contribution in [0.2, 0.25) is 0 Å². The third kappa shape index (κ3) is 4.41. The average molecular weight is 246 g/mol. The first kappa shape index (κ1) is 14.0. The summed E-state index contributed by atoms with van der Waals surface area (Å²) in [4.78, 5) is 23.9. The molecule has 0 aromatic heterocycles. The van der Waals surface area contributed by atoms with E-state index in [4.69, 9.17) is 0 Å². The summed E-state index contributed by atoms with van der Waals surface area (Å²) in [5, 5.41) is 2.70. The van der Waals surface area contributed by atoms with Crippen LogP contribution in [0.5, 0.6) is 0 Å². The van der Waals surface area contributed by atoms with Gasteiger partial charge in [0.25, 0.3) is 0 Å². The van der Waals surface area contributed by atoms with Crippen molar-refractivity contribution in [3.8, 4) is 0 Å². The van der Waals surface area contributed by atoms with E-state index in [0.717, 1.165) is 11.8 Å². The molecule has 0 aliphatic heterocycles. The minimum absolute atomic E-state index is 0.126. The van der Waals surface area contributed by atoms with Crippen LogP contribution in [-0.4, -0.2) is 31.2 Å². The lowest BCUT2D eigenvalue weighted by Gasteiger charge is -2.10. The van der Waals surface area contributed by atoms with Crippen LogP contribution in [0.1, 0.15) is 18.4 Å². The Balaban J connectivity index is 2.92. The maximum Gasteiger partial charge on any atom is 0.221 e. The van der Waals surface area contributed by atoms with Crippen molar-refractivity contribution in [3.63, 3.8) is 0 Å². The van der Waals surface area contributed by atoms with Gasteiger partial charge in [-0.3, -0.25) is 4.79 Å². The minimum atomic E-state index is -0.305. The van der Waals surface area contributed by atoms with Gasteiger partial charge in [-0.15, -0.1) is 0 Å². The zero-order chi connectivity index (χ0) is 13.5. The van der Waals surface area contributed by atoms with Crippen molar-refractivity contribution in [1.29, 1.82) is 0 Å². The summed E-state index contributed by atoms with van der Waals surface area (Å²) in [6, 6.07) is 7.29. The second kappa shape index (κ2) is 6.59. The summed E-state index contributed by atoms with van der Waals surface area (Å²) in [6.07, 6.45) is 4.54. The number of amides is 1. The number of nitrogens with one attached hydrogen (secondary N) is 1. The van der Waals surface area contributed by atoms with Gasteiger partial charge in [0.15, 0.2) is 0 Å². The molecule has 0 spiro atoms. The minimum Gasteiger partial charge on any atom is -0.384 e. The molecule has 0 saturated carbocycles. The molecule has 0 bridgehead atoms. The summed E-state index contributed by atoms with van der Waals surface area (Å²) in [5.74, 6) is -0.431. The van der Waals surface area contributed by atoms with Gasteiger partial charge in [0.05, 0.1) is 5.92 Å². The van der Waals surface area contributed by atoms with Crippen molar-refractivity contribution in [2.24, 2.45) is 0 Å². The van der Waals surface area contributed by atoms with Gasteiger partial charge in [-0.2, -0.15) is 0 Å². The van der Waals surface area contributed by atoms with Crippen LogP contribution in [0.15, 0.2) is 36.5 Å². The van der Waals surface area contributed by atoms with E-state index in [1.807, 2.05) is 43.4 Å². The van der Waals surface area contributed by atoms with E-state index in [2.05, 4.69) is 5.32 Å². The van der Waals surface area contributed by atoms with Gasteiger partial charge in [0, 0.05) is 26.7 Å². The van der Waals surface area contributed by atoms with Gasteiger partial charge >= 0.3 is 0 Å². The van der Waals surface area contributed by atoms with Crippen LogP contribution in [0, 0.1) is 0 Å². The van der Waals surface area contributed by atoms with Crippen LogP contribution in [0.25, 0.3) is 0 Å². The third-order valence-corrected chi connectivity index (χ3v) is 2.33. The Kier molecular flexibility index (Phi) is 5.11. The summed E-state index contributed by atoms with van der Waals surface area (Å²) in [5.41, 5.74) is 1.56. The van der Waals surface area contributed by atoms with Crippen molar-refractivity contribution < 1.29 is 9.59 Å². The first-order chi connectivity index (χ1) is 8.52. The number of benzene rings is 1. The molecule has 1 aromatic carbocycles. The smallest absolute Gasteiger partial charge is 0.221 e. The molecule has 96 valence electrons. The first-order valence-electron chi connectivity index (χ1n) is 5.70. The molecule has 1 unspecified atom stereocenters. The van der Waals surface area contributed by atoms with Crippen molar-refractivity contribution >= 4 is 17.9 Å². The highest BCUT2D eigenvalue weighted by Gasteiger charge is 2.07. The lowest BCUT2D eigenvalue weighted by Crippen LogP contribution is -2.07. The number of anilines is 1. The third-order valence-electron chi connectivity index (χ3n) is 2.33. The van der Waals surface area contributed by atoms with E-state index >= 15 is 0 Å². The maximum absolute atomic E-state index is 11.1. The van der Waals surface area contributed by atoms with Crippen molar-refractivity contribution in [1.82, 2.24) is 4.90 Å². The molecular formula is C14H18N2O2. The molecule has 1 N–H and O–H groups in total. The van der Waals surface area contributed by atoms with Gasteiger partial charge in [0.1, 0.15) is 6.29 Å². The second-order valence-corrected chi connectivity index (χ2v) is 4.27. The quantitative estimate of drug-likeness (QED) is 0.808. The van der Waals surface area contributed by atoms with Crippen LogP contribution in [0.4, 0.5) is 5.69 Å². The number of hydrogen-bond acceptors (Lipinski definition) is 3. The number of aldehydes is 1. The molecule has 0 heterocycles. The topological polar surface area (TPSA) is 49.4 Å². The van der Waals surface area contributed by atoms with Crippen LogP contribution in [0.3, 0.4) is 0 Å². The highest BCUT2D eigenvalue weighted by atomic mass is 16.1. The monoisotopic (exact) mass is 246 g/mol. The molecular weight excluding hydrogens is 228 g/mol. The zero-order valence-corrected chi connectivity index (χ0v) is 10.9. The predicted molar refractivity (Wildman–Crippen MR) is 72.4 cm³/mol. The lowest BCUT2D eigenvalue weighted by molar-refractivity contribution is -0.114.